The van der Waals surface area contributed by atoms with Crippen LogP contribution >= 0.6 is 12.2 Å². The van der Waals surface area contributed by atoms with Gasteiger partial charge in [0.15, 0.2) is 0 Å². The summed E-state index contributed by atoms with van der Waals surface area (Å²) in [6.07, 6.45) is 4.88. The monoisotopic (exact) mass is 292 g/mol. The van der Waals surface area contributed by atoms with Crippen molar-refractivity contribution in [3.05, 3.63) is 29.8 Å². The summed E-state index contributed by atoms with van der Waals surface area (Å²) in [5.74, 6) is 0.504. The van der Waals surface area contributed by atoms with E-state index in [0.29, 0.717) is 16.3 Å². The Bertz CT molecular complexity index is 510. The summed E-state index contributed by atoms with van der Waals surface area (Å²) < 4.78 is 5.14. The molecule has 1 saturated carbocycles. The van der Waals surface area contributed by atoms with Gasteiger partial charge in [-0.3, -0.25) is 4.79 Å². The lowest BCUT2D eigenvalue weighted by Gasteiger charge is -2.37. The average molecular weight is 292 g/mol. The lowest BCUT2D eigenvalue weighted by atomic mass is 9.81. The van der Waals surface area contributed by atoms with Crippen LogP contribution in [0.15, 0.2) is 24.3 Å². The van der Waals surface area contributed by atoms with Gasteiger partial charge in [-0.25, -0.2) is 0 Å². The van der Waals surface area contributed by atoms with Gasteiger partial charge in [-0.1, -0.05) is 37.5 Å². The first-order valence-corrected chi connectivity index (χ1v) is 7.25. The molecule has 0 saturated heterocycles. The molecular formula is C15H20N2O2S. The van der Waals surface area contributed by atoms with Crippen LogP contribution in [0.25, 0.3) is 0 Å². The van der Waals surface area contributed by atoms with Crippen LogP contribution in [0.5, 0.6) is 5.75 Å². The molecule has 0 aliphatic heterocycles. The smallest absolute Gasteiger partial charge is 0.252 e. The van der Waals surface area contributed by atoms with E-state index in [1.165, 1.54) is 6.42 Å². The molecule has 3 N–H and O–H groups in total. The van der Waals surface area contributed by atoms with Gasteiger partial charge in [-0.05, 0) is 31.0 Å². The molecule has 0 aromatic heterocycles. The highest BCUT2D eigenvalue weighted by atomic mass is 32.1. The first-order chi connectivity index (χ1) is 9.57. The van der Waals surface area contributed by atoms with E-state index in [0.717, 1.165) is 25.7 Å². The Morgan fingerprint density at radius 2 is 2.05 bits per heavy atom. The number of benzene rings is 1. The standard InChI is InChI=1S/C15H20N2O2S/c1-19-12-7-5-6-11(10-12)13(18)17-15(14(16)20)8-3-2-4-9-15/h5-7,10H,2-4,8-9H2,1H3,(H2,16,20)(H,17,18). The Hall–Kier alpha value is -1.62. The van der Waals surface area contributed by atoms with E-state index < -0.39 is 5.54 Å². The quantitative estimate of drug-likeness (QED) is 0.837. The minimum Gasteiger partial charge on any atom is -0.497 e. The summed E-state index contributed by atoms with van der Waals surface area (Å²) in [7, 11) is 1.58. The van der Waals surface area contributed by atoms with E-state index in [9.17, 15) is 4.79 Å². The Kier molecular flexibility index (Phi) is 4.60. The number of nitrogens with two attached hydrogens (primary N) is 1. The van der Waals surface area contributed by atoms with E-state index in [1.54, 1.807) is 31.4 Å². The number of thiocarbonyl (C=S) groups is 1. The third-order valence-corrected chi connectivity index (χ3v) is 4.25. The van der Waals surface area contributed by atoms with Crippen molar-refractivity contribution < 1.29 is 9.53 Å². The van der Waals surface area contributed by atoms with Crippen LogP contribution in [0.1, 0.15) is 42.5 Å². The summed E-state index contributed by atoms with van der Waals surface area (Å²) in [5.41, 5.74) is 5.90. The number of hydrogen-bond acceptors (Lipinski definition) is 3. The van der Waals surface area contributed by atoms with Crippen molar-refractivity contribution in [3.8, 4) is 5.75 Å². The molecule has 2 rings (SSSR count). The van der Waals surface area contributed by atoms with E-state index in [4.69, 9.17) is 22.7 Å². The Balaban J connectivity index is 2.17. The molecule has 1 fully saturated rings. The second-order valence-electron chi connectivity index (χ2n) is 5.19. The van der Waals surface area contributed by atoms with Crippen molar-refractivity contribution in [2.45, 2.75) is 37.6 Å². The van der Waals surface area contributed by atoms with E-state index >= 15 is 0 Å². The van der Waals surface area contributed by atoms with Gasteiger partial charge >= 0.3 is 0 Å². The first kappa shape index (κ1) is 14.8. The molecule has 5 heteroatoms. The molecule has 0 unspecified atom stereocenters. The van der Waals surface area contributed by atoms with Crippen LogP contribution in [-0.4, -0.2) is 23.5 Å². The maximum Gasteiger partial charge on any atom is 0.252 e. The van der Waals surface area contributed by atoms with Crippen LogP contribution < -0.4 is 15.8 Å². The van der Waals surface area contributed by atoms with Gasteiger partial charge in [0.05, 0.1) is 17.6 Å². The number of methoxy groups -OCH3 is 1. The second kappa shape index (κ2) is 6.22. The molecule has 1 aromatic carbocycles. The highest BCUT2D eigenvalue weighted by Gasteiger charge is 2.36. The molecule has 1 amide bonds. The predicted molar refractivity (Wildman–Crippen MR) is 83.1 cm³/mol. The third kappa shape index (κ3) is 3.10. The summed E-state index contributed by atoms with van der Waals surface area (Å²) >= 11 is 5.18. The van der Waals surface area contributed by atoms with Gasteiger partial charge in [0.25, 0.3) is 5.91 Å². The zero-order valence-electron chi connectivity index (χ0n) is 11.6. The van der Waals surface area contributed by atoms with Gasteiger partial charge in [0.1, 0.15) is 5.75 Å². The van der Waals surface area contributed by atoms with E-state index in [2.05, 4.69) is 5.32 Å². The first-order valence-electron chi connectivity index (χ1n) is 6.84. The SMILES string of the molecule is COc1cccc(C(=O)NC2(C(N)=S)CCCCC2)c1. The highest BCUT2D eigenvalue weighted by Crippen LogP contribution is 2.29. The average Bonchev–Trinajstić information content (AvgIpc) is 2.48. The van der Waals surface area contributed by atoms with E-state index in [-0.39, 0.29) is 5.91 Å². The van der Waals surface area contributed by atoms with Gasteiger partial charge < -0.3 is 15.8 Å². The van der Waals surface area contributed by atoms with Crippen LogP contribution in [0.3, 0.4) is 0 Å². The Labute approximate surface area is 124 Å². The molecule has 1 aromatic rings. The van der Waals surface area contributed by atoms with Gasteiger partial charge in [0.2, 0.25) is 0 Å². The van der Waals surface area contributed by atoms with Crippen LogP contribution in [0.4, 0.5) is 0 Å². The number of carbonyl (C=O) groups is 1. The number of carbonyl (C=O) groups excluding carboxylic acids is 1. The van der Waals surface area contributed by atoms with Crippen LogP contribution in [-0.2, 0) is 0 Å². The maximum atomic E-state index is 12.4. The Morgan fingerprint density at radius 3 is 2.65 bits per heavy atom. The molecule has 1 aliphatic carbocycles. The normalized spacial score (nSPS) is 17.2. The molecule has 20 heavy (non-hydrogen) atoms. The fourth-order valence-electron chi connectivity index (χ4n) is 2.64. The van der Waals surface area contributed by atoms with Crippen LogP contribution in [0.2, 0.25) is 0 Å². The van der Waals surface area contributed by atoms with Crippen molar-refractivity contribution in [2.75, 3.05) is 7.11 Å². The number of ether oxygens (including phenoxy) is 1. The molecular weight excluding hydrogens is 272 g/mol. The fraction of sp³-hybridized carbons (Fsp3) is 0.467. The molecule has 0 heterocycles. The number of rotatable bonds is 4. The molecule has 1 aliphatic rings. The summed E-state index contributed by atoms with van der Waals surface area (Å²) in [6, 6.07) is 7.07. The summed E-state index contributed by atoms with van der Waals surface area (Å²) in [4.78, 5) is 12.8. The summed E-state index contributed by atoms with van der Waals surface area (Å²) in [5, 5.41) is 3.04. The van der Waals surface area contributed by atoms with Crippen molar-refractivity contribution in [2.24, 2.45) is 5.73 Å². The maximum absolute atomic E-state index is 12.4. The zero-order chi connectivity index (χ0) is 14.6. The molecule has 0 radical (unpaired) electrons. The predicted octanol–water partition coefficient (Wildman–Crippen LogP) is 2.41. The van der Waals surface area contributed by atoms with Crippen molar-refractivity contribution >= 4 is 23.1 Å². The summed E-state index contributed by atoms with van der Waals surface area (Å²) in [6.45, 7) is 0. The zero-order valence-corrected chi connectivity index (χ0v) is 12.5. The largest absolute Gasteiger partial charge is 0.497 e. The fourth-order valence-corrected chi connectivity index (χ4v) is 2.90. The molecule has 0 spiro atoms. The van der Waals surface area contributed by atoms with E-state index in [1.807, 2.05) is 0 Å². The molecule has 0 atom stereocenters. The Morgan fingerprint density at radius 1 is 1.35 bits per heavy atom. The number of amides is 1. The number of nitrogens with one attached hydrogen (secondary N) is 1. The van der Waals surface area contributed by atoms with Gasteiger partial charge in [-0.15, -0.1) is 0 Å². The topological polar surface area (TPSA) is 64.3 Å². The highest BCUT2D eigenvalue weighted by molar-refractivity contribution is 7.80. The van der Waals surface area contributed by atoms with Gasteiger partial charge in [0, 0.05) is 5.56 Å². The second-order valence-corrected chi connectivity index (χ2v) is 5.63. The molecule has 4 nitrogen and oxygen atoms in total. The van der Waals surface area contributed by atoms with Crippen molar-refractivity contribution in [1.82, 2.24) is 5.32 Å². The minimum absolute atomic E-state index is 0.154. The molecule has 108 valence electrons. The number of hydrogen-bond donors (Lipinski definition) is 2. The lowest BCUT2D eigenvalue weighted by Crippen LogP contribution is -2.57. The van der Waals surface area contributed by atoms with Crippen molar-refractivity contribution in [3.63, 3.8) is 0 Å². The van der Waals surface area contributed by atoms with Crippen molar-refractivity contribution in [1.29, 1.82) is 0 Å². The lowest BCUT2D eigenvalue weighted by molar-refractivity contribution is 0.0908. The van der Waals surface area contributed by atoms with Crippen LogP contribution in [0, 0.1) is 0 Å². The third-order valence-electron chi connectivity index (χ3n) is 3.86. The minimum atomic E-state index is -0.534. The molecule has 0 bridgehead atoms. The van der Waals surface area contributed by atoms with Gasteiger partial charge in [-0.2, -0.15) is 0 Å².